The molecule has 0 aliphatic carbocycles. The molecule has 0 N–H and O–H groups in total. The van der Waals surface area contributed by atoms with Crippen LogP contribution in [0.2, 0.25) is 0 Å². The third-order valence-electron chi connectivity index (χ3n) is 2.21. The van der Waals surface area contributed by atoms with E-state index in [1.54, 1.807) is 18.2 Å². The van der Waals surface area contributed by atoms with E-state index in [4.69, 9.17) is 0 Å². The highest BCUT2D eigenvalue weighted by atomic mass is 19.4. The Bertz CT molecular complexity index is 557. The number of hydrogen-bond donors (Lipinski definition) is 0. The van der Waals surface area contributed by atoms with Crippen LogP contribution in [0.25, 0.3) is 10.9 Å². The average Bonchev–Trinajstić information content (AvgIpc) is 2.51. The summed E-state index contributed by atoms with van der Waals surface area (Å²) in [5.74, 6) is -1.87. The van der Waals surface area contributed by atoms with Crippen molar-refractivity contribution in [2.45, 2.75) is 6.18 Å². The third kappa shape index (κ3) is 1.56. The fraction of sp³-hybridized carbons (Fsp3) is 0.200. The van der Waals surface area contributed by atoms with Crippen LogP contribution in [0.5, 0.6) is 0 Å². The molecule has 0 aliphatic rings. The molecular weight excluding hydrogens is 221 g/mol. The number of aromatic nitrogens is 2. The van der Waals surface area contributed by atoms with E-state index in [1.807, 2.05) is 0 Å². The molecular formula is C10H7F3N2O. The van der Waals surface area contributed by atoms with E-state index < -0.39 is 17.7 Å². The number of rotatable bonds is 1. The van der Waals surface area contributed by atoms with Crippen LogP contribution in [0.15, 0.2) is 24.3 Å². The van der Waals surface area contributed by atoms with Gasteiger partial charge in [-0.2, -0.15) is 18.3 Å². The number of fused-ring (bicyclic) bond motifs is 1. The molecule has 2 rings (SSSR count). The number of Topliss-reactive ketones (excluding diaryl/α,β-unsaturated/α-hetero) is 1. The van der Waals surface area contributed by atoms with Crippen molar-refractivity contribution >= 4 is 16.7 Å². The number of ketones is 1. The minimum atomic E-state index is -4.88. The first-order valence-electron chi connectivity index (χ1n) is 4.44. The van der Waals surface area contributed by atoms with Gasteiger partial charge in [-0.15, -0.1) is 0 Å². The molecule has 1 aromatic heterocycles. The molecule has 0 saturated carbocycles. The maximum Gasteiger partial charge on any atom is 0.456 e. The Balaban J connectivity index is 2.69. The molecule has 0 atom stereocenters. The Labute approximate surface area is 88.5 Å². The summed E-state index contributed by atoms with van der Waals surface area (Å²) in [7, 11) is 1.32. The molecule has 1 heterocycles. The fourth-order valence-corrected chi connectivity index (χ4v) is 1.55. The number of carbonyl (C=O) groups is 1. The number of nitrogens with zero attached hydrogens (tertiary/aromatic N) is 2. The molecule has 3 nitrogen and oxygen atoms in total. The first kappa shape index (κ1) is 10.7. The molecule has 1 aromatic carbocycles. The summed E-state index contributed by atoms with van der Waals surface area (Å²) in [4.78, 5) is 11.2. The van der Waals surface area contributed by atoms with Gasteiger partial charge >= 0.3 is 6.18 Å². The SMILES string of the molecule is Cn1nc2ccccc2c1C(=O)C(F)(F)F. The van der Waals surface area contributed by atoms with Gasteiger partial charge in [-0.3, -0.25) is 9.48 Å². The van der Waals surface area contributed by atoms with Gasteiger partial charge < -0.3 is 0 Å². The highest BCUT2D eigenvalue weighted by Gasteiger charge is 2.42. The van der Waals surface area contributed by atoms with E-state index >= 15 is 0 Å². The second-order valence-corrected chi connectivity index (χ2v) is 3.32. The largest absolute Gasteiger partial charge is 0.456 e. The lowest BCUT2D eigenvalue weighted by Crippen LogP contribution is -2.25. The number of halogens is 3. The molecule has 0 spiro atoms. The molecule has 2 aromatic rings. The van der Waals surface area contributed by atoms with Crippen LogP contribution in [0.3, 0.4) is 0 Å². The summed E-state index contributed by atoms with van der Waals surface area (Å²) >= 11 is 0. The van der Waals surface area contributed by atoms with Gasteiger partial charge in [0.25, 0.3) is 5.78 Å². The zero-order valence-electron chi connectivity index (χ0n) is 8.25. The van der Waals surface area contributed by atoms with Gasteiger partial charge in [0, 0.05) is 12.4 Å². The quantitative estimate of drug-likeness (QED) is 0.702. The Morgan fingerprint density at radius 1 is 1.31 bits per heavy atom. The van der Waals surface area contributed by atoms with Crippen molar-refractivity contribution in [2.75, 3.05) is 0 Å². The van der Waals surface area contributed by atoms with Crippen molar-refractivity contribution in [3.63, 3.8) is 0 Å². The standard InChI is InChI=1S/C10H7F3N2O/c1-15-8(9(16)10(11,12)13)6-4-2-3-5-7(6)14-15/h2-5H,1H3. The highest BCUT2D eigenvalue weighted by molar-refractivity contribution is 6.08. The minimum Gasteiger partial charge on any atom is -0.282 e. The molecule has 84 valence electrons. The second-order valence-electron chi connectivity index (χ2n) is 3.32. The average molecular weight is 228 g/mol. The monoisotopic (exact) mass is 228 g/mol. The van der Waals surface area contributed by atoms with Gasteiger partial charge in [0.15, 0.2) is 0 Å². The van der Waals surface area contributed by atoms with Crippen molar-refractivity contribution in [3.05, 3.63) is 30.0 Å². The molecule has 0 amide bonds. The van der Waals surface area contributed by atoms with Crippen molar-refractivity contribution < 1.29 is 18.0 Å². The molecule has 0 radical (unpaired) electrons. The second kappa shape index (κ2) is 3.33. The first-order valence-corrected chi connectivity index (χ1v) is 4.44. The highest BCUT2D eigenvalue weighted by Crippen LogP contribution is 2.26. The molecule has 0 bridgehead atoms. The summed E-state index contributed by atoms with van der Waals surface area (Å²) in [6, 6.07) is 6.22. The van der Waals surface area contributed by atoms with Crippen molar-refractivity contribution in [1.29, 1.82) is 0 Å². The van der Waals surface area contributed by atoms with Crippen LogP contribution in [0, 0.1) is 0 Å². The molecule has 0 saturated heterocycles. The van der Waals surface area contributed by atoms with E-state index in [1.165, 1.54) is 13.1 Å². The molecule has 16 heavy (non-hydrogen) atoms. The number of aryl methyl sites for hydroxylation is 1. The number of hydrogen-bond acceptors (Lipinski definition) is 2. The Morgan fingerprint density at radius 2 is 1.94 bits per heavy atom. The predicted octanol–water partition coefficient (Wildman–Crippen LogP) is 2.32. The lowest BCUT2D eigenvalue weighted by molar-refractivity contribution is -0.0889. The Hall–Kier alpha value is -1.85. The van der Waals surface area contributed by atoms with E-state index in [0.717, 1.165) is 4.68 Å². The number of carbonyl (C=O) groups excluding carboxylic acids is 1. The van der Waals surface area contributed by atoms with Crippen LogP contribution < -0.4 is 0 Å². The third-order valence-corrected chi connectivity index (χ3v) is 2.21. The topological polar surface area (TPSA) is 34.9 Å². The summed E-state index contributed by atoms with van der Waals surface area (Å²) in [5, 5.41) is 4.06. The normalized spacial score (nSPS) is 12.0. The summed E-state index contributed by atoms with van der Waals surface area (Å²) in [6.07, 6.45) is -4.88. The molecule has 6 heteroatoms. The number of benzene rings is 1. The molecule has 0 aliphatic heterocycles. The Kier molecular flexibility index (Phi) is 2.22. The maximum atomic E-state index is 12.3. The molecule has 0 fully saturated rings. The zero-order chi connectivity index (χ0) is 11.9. The summed E-state index contributed by atoms with van der Waals surface area (Å²) in [5.41, 5.74) is -0.0549. The van der Waals surface area contributed by atoms with Gasteiger partial charge in [0.05, 0.1) is 5.52 Å². The van der Waals surface area contributed by atoms with E-state index in [2.05, 4.69) is 5.10 Å². The van der Waals surface area contributed by atoms with Crippen LogP contribution in [0.4, 0.5) is 13.2 Å². The smallest absolute Gasteiger partial charge is 0.282 e. The summed E-state index contributed by atoms with van der Waals surface area (Å²) in [6.45, 7) is 0. The van der Waals surface area contributed by atoms with Gasteiger partial charge in [-0.05, 0) is 6.07 Å². The van der Waals surface area contributed by atoms with Crippen LogP contribution >= 0.6 is 0 Å². The maximum absolute atomic E-state index is 12.3. The van der Waals surface area contributed by atoms with Gasteiger partial charge in [0.1, 0.15) is 5.69 Å². The van der Waals surface area contributed by atoms with E-state index in [9.17, 15) is 18.0 Å². The summed E-state index contributed by atoms with van der Waals surface area (Å²) < 4.78 is 37.9. The lowest BCUT2D eigenvalue weighted by Gasteiger charge is -2.05. The zero-order valence-corrected chi connectivity index (χ0v) is 8.25. The lowest BCUT2D eigenvalue weighted by atomic mass is 10.1. The fourth-order valence-electron chi connectivity index (χ4n) is 1.55. The van der Waals surface area contributed by atoms with Gasteiger partial charge in [0.2, 0.25) is 0 Å². The van der Waals surface area contributed by atoms with Crippen LogP contribution in [0.1, 0.15) is 10.5 Å². The van der Waals surface area contributed by atoms with Gasteiger partial charge in [-0.25, -0.2) is 0 Å². The Morgan fingerprint density at radius 3 is 2.56 bits per heavy atom. The molecule has 0 unspecified atom stereocenters. The minimum absolute atomic E-state index is 0.215. The van der Waals surface area contributed by atoms with Crippen LogP contribution in [-0.4, -0.2) is 21.7 Å². The van der Waals surface area contributed by atoms with Gasteiger partial charge in [-0.1, -0.05) is 18.2 Å². The number of alkyl halides is 3. The van der Waals surface area contributed by atoms with Crippen molar-refractivity contribution in [2.24, 2.45) is 7.05 Å². The first-order chi connectivity index (χ1) is 7.41. The van der Waals surface area contributed by atoms with Crippen molar-refractivity contribution in [3.8, 4) is 0 Å². The predicted molar refractivity (Wildman–Crippen MR) is 51.1 cm³/mol. The van der Waals surface area contributed by atoms with Crippen molar-refractivity contribution in [1.82, 2.24) is 9.78 Å². The van der Waals surface area contributed by atoms with E-state index in [-0.39, 0.29) is 5.39 Å². The van der Waals surface area contributed by atoms with Crippen LogP contribution in [-0.2, 0) is 7.05 Å². The van der Waals surface area contributed by atoms with E-state index in [0.29, 0.717) is 5.52 Å².